The van der Waals surface area contributed by atoms with Crippen molar-refractivity contribution in [2.24, 2.45) is 14.1 Å². The van der Waals surface area contributed by atoms with Crippen LogP contribution in [-0.2, 0) is 31.9 Å². The molecular formula is C23H26N6O4S. The maximum absolute atomic E-state index is 13.2. The zero-order valence-corrected chi connectivity index (χ0v) is 20.0. The predicted octanol–water partition coefficient (Wildman–Crippen LogP) is 1.50. The molecule has 3 aromatic heterocycles. The van der Waals surface area contributed by atoms with Crippen molar-refractivity contribution in [1.29, 1.82) is 0 Å². The molecule has 1 aliphatic rings. The van der Waals surface area contributed by atoms with Gasteiger partial charge in [-0.05, 0) is 31.4 Å². The van der Waals surface area contributed by atoms with Gasteiger partial charge in [0.25, 0.3) is 11.1 Å². The molecule has 11 heteroatoms. The van der Waals surface area contributed by atoms with Crippen LogP contribution in [0.15, 0.2) is 50.1 Å². The van der Waals surface area contributed by atoms with Crippen LogP contribution in [0, 0.1) is 0 Å². The molecule has 178 valence electrons. The van der Waals surface area contributed by atoms with Gasteiger partial charge < -0.3 is 9.30 Å². The first-order valence-corrected chi connectivity index (χ1v) is 12.3. The first-order chi connectivity index (χ1) is 16.5. The van der Waals surface area contributed by atoms with Gasteiger partial charge in [0.2, 0.25) is 0 Å². The van der Waals surface area contributed by atoms with Crippen LogP contribution >= 0.6 is 11.8 Å². The molecule has 0 saturated carbocycles. The fourth-order valence-electron chi connectivity index (χ4n) is 4.39. The van der Waals surface area contributed by atoms with E-state index in [9.17, 15) is 14.4 Å². The van der Waals surface area contributed by atoms with Gasteiger partial charge in [-0.15, -0.1) is 0 Å². The van der Waals surface area contributed by atoms with Gasteiger partial charge in [-0.3, -0.25) is 23.3 Å². The molecule has 34 heavy (non-hydrogen) atoms. The molecular weight excluding hydrogens is 456 g/mol. The molecule has 4 heterocycles. The lowest BCUT2D eigenvalue weighted by Gasteiger charge is -2.16. The topological polar surface area (TPSA) is 106 Å². The molecule has 0 spiro atoms. The molecule has 1 saturated heterocycles. The fraction of sp³-hybridized carbons (Fsp3) is 0.435. The number of rotatable bonds is 7. The molecule has 5 rings (SSSR count). The van der Waals surface area contributed by atoms with E-state index in [1.54, 1.807) is 29.3 Å². The van der Waals surface area contributed by atoms with Crippen LogP contribution in [0.2, 0.25) is 0 Å². The fourth-order valence-corrected chi connectivity index (χ4v) is 5.32. The number of para-hydroxylation sites is 1. The number of imidazole rings is 1. The standard InChI is InChI=1S/C23H26N6O4S/c1-26-14-24-19-18(26)21(31)28(23(32)27(19)2)10-6-12-34-22-25-17-9-4-3-8-16(17)20(30)29(22)13-15-7-5-11-33-15/h3-4,8-9,14-15H,5-7,10-13H2,1-2H3. The second-order valence-corrected chi connectivity index (χ2v) is 9.55. The molecule has 4 aromatic rings. The third-order valence-corrected chi connectivity index (χ3v) is 7.26. The zero-order valence-electron chi connectivity index (χ0n) is 19.1. The van der Waals surface area contributed by atoms with Crippen molar-refractivity contribution in [3.05, 3.63) is 61.8 Å². The Kier molecular flexibility index (Phi) is 6.13. The second kappa shape index (κ2) is 9.22. The third-order valence-electron chi connectivity index (χ3n) is 6.20. The molecule has 1 atom stereocenters. The summed E-state index contributed by atoms with van der Waals surface area (Å²) in [4.78, 5) is 47.7. The van der Waals surface area contributed by atoms with Gasteiger partial charge in [-0.25, -0.2) is 14.8 Å². The Labute approximate surface area is 198 Å². The monoisotopic (exact) mass is 482 g/mol. The van der Waals surface area contributed by atoms with Crippen LogP contribution in [0.25, 0.3) is 22.1 Å². The van der Waals surface area contributed by atoms with E-state index in [1.807, 2.05) is 18.2 Å². The number of aromatic nitrogens is 6. The van der Waals surface area contributed by atoms with Crippen LogP contribution < -0.4 is 16.8 Å². The van der Waals surface area contributed by atoms with Crippen molar-refractivity contribution in [3.8, 4) is 0 Å². The molecule has 1 fully saturated rings. The SMILES string of the molecule is Cn1cnc2c1c(=O)n(CCCSc1nc3ccccc3c(=O)n1CC1CCCO1)c(=O)n2C. The molecule has 0 N–H and O–H groups in total. The summed E-state index contributed by atoms with van der Waals surface area (Å²) in [6, 6.07) is 7.34. The first kappa shape index (κ1) is 22.6. The summed E-state index contributed by atoms with van der Waals surface area (Å²) in [6.45, 7) is 1.45. The highest BCUT2D eigenvalue weighted by molar-refractivity contribution is 7.99. The number of ether oxygens (including phenoxy) is 1. The van der Waals surface area contributed by atoms with Gasteiger partial charge in [0, 0.05) is 33.0 Å². The molecule has 1 aliphatic heterocycles. The van der Waals surface area contributed by atoms with E-state index in [2.05, 4.69) is 4.98 Å². The Morgan fingerprint density at radius 1 is 1.12 bits per heavy atom. The molecule has 1 unspecified atom stereocenters. The second-order valence-electron chi connectivity index (χ2n) is 8.49. The summed E-state index contributed by atoms with van der Waals surface area (Å²) in [6.07, 6.45) is 4.02. The van der Waals surface area contributed by atoms with Crippen molar-refractivity contribution in [2.75, 3.05) is 12.4 Å². The van der Waals surface area contributed by atoms with E-state index < -0.39 is 0 Å². The maximum atomic E-state index is 13.2. The summed E-state index contributed by atoms with van der Waals surface area (Å²) in [5.41, 5.74) is 0.626. The number of hydrogen-bond donors (Lipinski definition) is 0. The summed E-state index contributed by atoms with van der Waals surface area (Å²) in [5.74, 6) is 0.593. The van der Waals surface area contributed by atoms with E-state index in [4.69, 9.17) is 9.72 Å². The van der Waals surface area contributed by atoms with E-state index in [1.165, 1.54) is 27.2 Å². The highest BCUT2D eigenvalue weighted by Gasteiger charge is 2.20. The number of benzene rings is 1. The Hall–Kier alpha value is -3.18. The number of thioether (sulfide) groups is 1. The van der Waals surface area contributed by atoms with Gasteiger partial charge in [0.15, 0.2) is 16.3 Å². The van der Waals surface area contributed by atoms with Crippen molar-refractivity contribution < 1.29 is 4.74 Å². The third kappa shape index (κ3) is 3.98. The molecule has 0 bridgehead atoms. The largest absolute Gasteiger partial charge is 0.376 e. The smallest absolute Gasteiger partial charge is 0.332 e. The highest BCUT2D eigenvalue weighted by Crippen LogP contribution is 2.21. The molecule has 0 radical (unpaired) electrons. The van der Waals surface area contributed by atoms with Gasteiger partial charge in [-0.2, -0.15) is 0 Å². The van der Waals surface area contributed by atoms with Crippen LogP contribution in [-0.4, -0.2) is 46.7 Å². The minimum atomic E-state index is -0.389. The van der Waals surface area contributed by atoms with Crippen molar-refractivity contribution in [3.63, 3.8) is 0 Å². The van der Waals surface area contributed by atoms with Crippen LogP contribution in [0.5, 0.6) is 0 Å². The van der Waals surface area contributed by atoms with Crippen molar-refractivity contribution in [1.82, 2.24) is 28.2 Å². The lowest BCUT2D eigenvalue weighted by Crippen LogP contribution is -2.39. The number of fused-ring (bicyclic) bond motifs is 2. The first-order valence-electron chi connectivity index (χ1n) is 11.3. The Bertz CT molecular complexity index is 1540. The van der Waals surface area contributed by atoms with Crippen LogP contribution in [0.1, 0.15) is 19.3 Å². The van der Waals surface area contributed by atoms with Gasteiger partial charge >= 0.3 is 5.69 Å². The number of nitrogens with zero attached hydrogens (tertiary/aromatic N) is 6. The Morgan fingerprint density at radius 2 is 1.94 bits per heavy atom. The minimum Gasteiger partial charge on any atom is -0.376 e. The number of aryl methyl sites for hydroxylation is 2. The van der Waals surface area contributed by atoms with Gasteiger partial charge in [0.05, 0.1) is 29.9 Å². The summed E-state index contributed by atoms with van der Waals surface area (Å²) in [5, 5.41) is 1.21. The maximum Gasteiger partial charge on any atom is 0.332 e. The van der Waals surface area contributed by atoms with Crippen molar-refractivity contribution in [2.45, 2.75) is 43.6 Å². The van der Waals surface area contributed by atoms with E-state index in [0.717, 1.165) is 12.8 Å². The lowest BCUT2D eigenvalue weighted by atomic mass is 10.2. The summed E-state index contributed by atoms with van der Waals surface area (Å²) >= 11 is 1.46. The molecule has 1 aromatic carbocycles. The van der Waals surface area contributed by atoms with Crippen LogP contribution in [0.4, 0.5) is 0 Å². The van der Waals surface area contributed by atoms with Gasteiger partial charge in [0.1, 0.15) is 0 Å². The highest BCUT2D eigenvalue weighted by atomic mass is 32.2. The molecule has 0 aliphatic carbocycles. The number of hydrogen-bond acceptors (Lipinski definition) is 7. The van der Waals surface area contributed by atoms with E-state index in [-0.39, 0.29) is 29.5 Å². The zero-order chi connectivity index (χ0) is 23.8. The Balaban J connectivity index is 1.38. The normalized spacial score (nSPS) is 16.1. The van der Waals surface area contributed by atoms with Crippen molar-refractivity contribution >= 4 is 33.8 Å². The average molecular weight is 483 g/mol. The predicted molar refractivity (Wildman–Crippen MR) is 131 cm³/mol. The van der Waals surface area contributed by atoms with Gasteiger partial charge in [-0.1, -0.05) is 23.9 Å². The summed E-state index contributed by atoms with van der Waals surface area (Å²) < 4.78 is 11.7. The van der Waals surface area contributed by atoms with E-state index in [0.29, 0.717) is 52.5 Å². The van der Waals surface area contributed by atoms with Crippen LogP contribution in [0.3, 0.4) is 0 Å². The average Bonchev–Trinajstić information content (AvgIpc) is 3.49. The quantitative estimate of drug-likeness (QED) is 0.223. The molecule has 10 nitrogen and oxygen atoms in total. The summed E-state index contributed by atoms with van der Waals surface area (Å²) in [7, 11) is 3.35. The lowest BCUT2D eigenvalue weighted by molar-refractivity contribution is 0.0937. The minimum absolute atomic E-state index is 0.00670. The molecule has 0 amide bonds. The Morgan fingerprint density at radius 3 is 2.74 bits per heavy atom. The van der Waals surface area contributed by atoms with E-state index >= 15 is 0 Å².